The molecule has 2 amide bonds. The minimum Gasteiger partial charge on any atom is -0.462 e. The van der Waals surface area contributed by atoms with Crippen LogP contribution in [-0.4, -0.2) is 66.5 Å². The minimum atomic E-state index is -3.86. The van der Waals surface area contributed by atoms with E-state index in [1.54, 1.807) is 51.1 Å². The topological polar surface area (TPSA) is 139 Å². The summed E-state index contributed by atoms with van der Waals surface area (Å²) in [5.74, 6) is -1.60. The number of benzene rings is 3. The molecule has 0 aromatic heterocycles. The Hall–Kier alpha value is -4.16. The van der Waals surface area contributed by atoms with Gasteiger partial charge in [0.15, 0.2) is 0 Å². The predicted molar refractivity (Wildman–Crippen MR) is 154 cm³/mol. The summed E-state index contributed by atoms with van der Waals surface area (Å²) < 4.78 is 33.6. The molecule has 2 unspecified atom stereocenters. The van der Waals surface area contributed by atoms with Crippen molar-refractivity contribution in [2.24, 2.45) is 10.9 Å². The molecule has 1 aliphatic rings. The van der Waals surface area contributed by atoms with Gasteiger partial charge in [-0.3, -0.25) is 14.9 Å². The number of carbonyl (C=O) groups excluding carboxylic acids is 2. The van der Waals surface area contributed by atoms with Gasteiger partial charge < -0.3 is 9.64 Å². The van der Waals surface area contributed by atoms with Crippen LogP contribution in [0.5, 0.6) is 0 Å². The highest BCUT2D eigenvalue weighted by atomic mass is 32.2. The van der Waals surface area contributed by atoms with Gasteiger partial charge in [0.25, 0.3) is 5.69 Å². The van der Waals surface area contributed by atoms with Gasteiger partial charge in [0, 0.05) is 43.4 Å². The summed E-state index contributed by atoms with van der Waals surface area (Å²) in [5, 5.41) is 12.9. The Morgan fingerprint density at radius 3 is 2.51 bits per heavy atom. The van der Waals surface area contributed by atoms with Crippen LogP contribution in [0.2, 0.25) is 0 Å². The fraction of sp³-hybridized carbons (Fsp3) is 0.345. The number of nitro groups is 1. The third-order valence-corrected chi connectivity index (χ3v) is 8.87. The zero-order valence-corrected chi connectivity index (χ0v) is 24.1. The number of sulfonamides is 1. The van der Waals surface area contributed by atoms with Crippen molar-refractivity contribution in [1.82, 2.24) is 9.21 Å². The lowest BCUT2D eigenvalue weighted by Crippen LogP contribution is -2.48. The van der Waals surface area contributed by atoms with Gasteiger partial charge in [-0.1, -0.05) is 48.5 Å². The highest BCUT2D eigenvalue weighted by Gasteiger charge is 2.43. The van der Waals surface area contributed by atoms with Crippen molar-refractivity contribution in [1.29, 1.82) is 0 Å². The number of ether oxygens (including phenoxy) is 1. The average Bonchev–Trinajstić information content (AvgIpc) is 2.92. The molecule has 0 saturated heterocycles. The number of urea groups is 1. The molecule has 0 saturated carbocycles. The van der Waals surface area contributed by atoms with Crippen molar-refractivity contribution in [3.05, 3.63) is 82.4 Å². The summed E-state index contributed by atoms with van der Waals surface area (Å²) in [6.45, 7) is 5.07. The van der Waals surface area contributed by atoms with E-state index in [-0.39, 0.29) is 35.8 Å². The fourth-order valence-corrected chi connectivity index (χ4v) is 6.44. The molecular weight excluding hydrogens is 548 g/mol. The lowest BCUT2D eigenvalue weighted by Gasteiger charge is -2.39. The van der Waals surface area contributed by atoms with Crippen LogP contribution >= 0.6 is 0 Å². The number of hydrogen-bond acceptors (Lipinski definition) is 7. The first-order valence-electron chi connectivity index (χ1n) is 13.2. The Morgan fingerprint density at radius 2 is 1.80 bits per heavy atom. The Kier molecular flexibility index (Phi) is 8.83. The van der Waals surface area contributed by atoms with E-state index in [0.29, 0.717) is 10.9 Å². The van der Waals surface area contributed by atoms with Crippen molar-refractivity contribution >= 4 is 44.2 Å². The maximum absolute atomic E-state index is 13.5. The summed E-state index contributed by atoms with van der Waals surface area (Å²) in [4.78, 5) is 42.9. The Bertz CT molecular complexity index is 1610. The number of nitro benzene ring substituents is 1. The number of fused-ring (bicyclic) bond motifs is 1. The van der Waals surface area contributed by atoms with Crippen molar-refractivity contribution in [3.8, 4) is 0 Å². The van der Waals surface area contributed by atoms with Gasteiger partial charge in [-0.05, 0) is 44.2 Å². The van der Waals surface area contributed by atoms with Gasteiger partial charge >= 0.3 is 12.0 Å². The summed E-state index contributed by atoms with van der Waals surface area (Å²) >= 11 is 0. The van der Waals surface area contributed by atoms with Crippen LogP contribution in [0.25, 0.3) is 10.8 Å². The standard InChI is InChI=1S/C29H32N4O7S/c1-19(2)40-28(34)26-20(3)30-29(35)32(27(26)22-12-7-13-23(18-22)33(36)37)17-9-16-31(4)41(38,39)25-15-8-11-21-10-5-6-14-24(21)25/h5-8,10-15,18-19,26-27H,9,16-17H2,1-4H3. The molecule has 0 bridgehead atoms. The van der Waals surface area contributed by atoms with Crippen LogP contribution < -0.4 is 0 Å². The quantitative estimate of drug-likeness (QED) is 0.187. The number of esters is 1. The van der Waals surface area contributed by atoms with Crippen LogP contribution in [-0.2, 0) is 19.6 Å². The van der Waals surface area contributed by atoms with Crippen molar-refractivity contribution < 1.29 is 27.7 Å². The highest BCUT2D eigenvalue weighted by Crippen LogP contribution is 2.36. The number of rotatable bonds is 10. The van der Waals surface area contributed by atoms with Crippen LogP contribution in [0.1, 0.15) is 38.8 Å². The van der Waals surface area contributed by atoms with E-state index in [1.165, 1.54) is 34.5 Å². The molecule has 3 aromatic rings. The van der Waals surface area contributed by atoms with Gasteiger partial charge in [-0.2, -0.15) is 0 Å². The maximum atomic E-state index is 13.5. The van der Waals surface area contributed by atoms with E-state index >= 15 is 0 Å². The molecule has 1 aliphatic heterocycles. The first-order valence-corrected chi connectivity index (χ1v) is 14.6. The molecule has 11 nitrogen and oxygen atoms in total. The molecule has 216 valence electrons. The molecular formula is C29H32N4O7S. The average molecular weight is 581 g/mol. The second kappa shape index (κ2) is 12.1. The third kappa shape index (κ3) is 6.28. The van der Waals surface area contributed by atoms with Crippen molar-refractivity contribution in [2.75, 3.05) is 20.1 Å². The van der Waals surface area contributed by atoms with Gasteiger partial charge in [0.1, 0.15) is 5.92 Å². The first kappa shape index (κ1) is 29.8. The molecule has 12 heteroatoms. The minimum absolute atomic E-state index is 0.0455. The number of nitrogens with zero attached hydrogens (tertiary/aromatic N) is 4. The number of aliphatic imine (C=N–C) groups is 1. The lowest BCUT2D eigenvalue weighted by molar-refractivity contribution is -0.385. The van der Waals surface area contributed by atoms with Crippen LogP contribution in [0, 0.1) is 16.0 Å². The molecule has 0 aliphatic carbocycles. The maximum Gasteiger partial charge on any atom is 0.344 e. The molecule has 0 N–H and O–H groups in total. The van der Waals surface area contributed by atoms with Gasteiger partial charge in [0.05, 0.1) is 22.0 Å². The summed E-state index contributed by atoms with van der Waals surface area (Å²) in [6.07, 6.45) is -0.210. The summed E-state index contributed by atoms with van der Waals surface area (Å²) in [7, 11) is -2.39. The van der Waals surface area contributed by atoms with E-state index < -0.39 is 45.0 Å². The Labute approximate surface area is 238 Å². The normalized spacial score (nSPS) is 17.7. The van der Waals surface area contributed by atoms with E-state index in [4.69, 9.17) is 4.74 Å². The zero-order valence-electron chi connectivity index (χ0n) is 23.3. The van der Waals surface area contributed by atoms with Crippen LogP contribution in [0.4, 0.5) is 10.5 Å². The van der Waals surface area contributed by atoms with E-state index in [9.17, 15) is 28.1 Å². The Balaban J connectivity index is 1.62. The Morgan fingerprint density at radius 1 is 1.12 bits per heavy atom. The molecule has 0 radical (unpaired) electrons. The summed E-state index contributed by atoms with van der Waals surface area (Å²) in [6, 6.07) is 16.5. The fourth-order valence-electron chi connectivity index (χ4n) is 5.02. The first-order chi connectivity index (χ1) is 19.4. The van der Waals surface area contributed by atoms with Crippen molar-refractivity contribution in [3.63, 3.8) is 0 Å². The smallest absolute Gasteiger partial charge is 0.344 e. The monoisotopic (exact) mass is 580 g/mol. The SMILES string of the molecule is CC1=NC(=O)N(CCCN(C)S(=O)(=O)c2cccc3ccccc23)C(c2cccc([N+](=O)[O-])c2)C1C(=O)OC(C)C. The van der Waals surface area contributed by atoms with Crippen LogP contribution in [0.3, 0.4) is 0 Å². The number of amides is 2. The number of non-ortho nitro benzene ring substituents is 1. The highest BCUT2D eigenvalue weighted by molar-refractivity contribution is 7.89. The largest absolute Gasteiger partial charge is 0.462 e. The molecule has 4 rings (SSSR count). The molecule has 2 atom stereocenters. The second-order valence-electron chi connectivity index (χ2n) is 10.1. The van der Waals surface area contributed by atoms with E-state index in [0.717, 1.165) is 5.39 Å². The summed E-state index contributed by atoms with van der Waals surface area (Å²) in [5.41, 5.74) is 0.431. The lowest BCUT2D eigenvalue weighted by atomic mass is 9.86. The predicted octanol–water partition coefficient (Wildman–Crippen LogP) is 4.96. The zero-order chi connectivity index (χ0) is 29.9. The molecule has 41 heavy (non-hydrogen) atoms. The van der Waals surface area contributed by atoms with Gasteiger partial charge in [0.2, 0.25) is 10.0 Å². The number of carbonyl (C=O) groups is 2. The molecule has 1 heterocycles. The van der Waals surface area contributed by atoms with E-state index in [1.807, 2.05) is 18.2 Å². The third-order valence-electron chi connectivity index (χ3n) is 6.96. The number of hydrogen-bond donors (Lipinski definition) is 0. The molecule has 0 spiro atoms. The molecule has 0 fully saturated rings. The van der Waals surface area contributed by atoms with Crippen molar-refractivity contribution in [2.45, 2.75) is 44.2 Å². The molecule has 3 aromatic carbocycles. The second-order valence-corrected chi connectivity index (χ2v) is 12.2. The van der Waals surface area contributed by atoms with Crippen LogP contribution in [0.15, 0.2) is 76.6 Å². The van der Waals surface area contributed by atoms with Gasteiger partial charge in [-0.15, -0.1) is 0 Å². The van der Waals surface area contributed by atoms with Gasteiger partial charge in [-0.25, -0.2) is 22.5 Å². The van der Waals surface area contributed by atoms with E-state index in [2.05, 4.69) is 4.99 Å².